The van der Waals surface area contributed by atoms with Crippen LogP contribution in [0, 0.1) is 17.6 Å². The molecule has 1 aromatic carbocycles. The molecule has 0 amide bonds. The van der Waals surface area contributed by atoms with Gasteiger partial charge in [-0.25, -0.2) is 18.4 Å². The molecule has 0 aliphatic carbocycles. The van der Waals surface area contributed by atoms with Crippen molar-refractivity contribution < 1.29 is 13.6 Å². The molecule has 0 spiro atoms. The van der Waals surface area contributed by atoms with Gasteiger partial charge in [0.2, 0.25) is 0 Å². The van der Waals surface area contributed by atoms with Crippen molar-refractivity contribution in [2.45, 2.75) is 33.2 Å². The van der Waals surface area contributed by atoms with Crippen molar-refractivity contribution in [3.63, 3.8) is 0 Å². The van der Waals surface area contributed by atoms with Crippen LogP contribution in [0.5, 0.6) is 0 Å². The SMILES string of the molecule is CC(C)Cn1ncnc1CC(=O)Cc1cccc(F)c1F. The molecule has 0 radical (unpaired) electrons. The first-order valence-electron chi connectivity index (χ1n) is 6.78. The molecule has 2 rings (SSSR count). The lowest BCUT2D eigenvalue weighted by molar-refractivity contribution is -0.118. The average Bonchev–Trinajstić information content (AvgIpc) is 2.81. The summed E-state index contributed by atoms with van der Waals surface area (Å²) in [5.41, 5.74) is 0.0647. The minimum Gasteiger partial charge on any atom is -0.299 e. The first-order valence-corrected chi connectivity index (χ1v) is 6.78. The number of ketones is 1. The molecular formula is C15H17F2N3O. The summed E-state index contributed by atoms with van der Waals surface area (Å²) < 4.78 is 28.3. The zero-order chi connectivity index (χ0) is 15.4. The molecule has 2 aromatic rings. The number of aromatic nitrogens is 3. The van der Waals surface area contributed by atoms with Gasteiger partial charge < -0.3 is 0 Å². The molecule has 0 atom stereocenters. The van der Waals surface area contributed by atoms with Crippen molar-refractivity contribution >= 4 is 5.78 Å². The fraction of sp³-hybridized carbons (Fsp3) is 0.400. The summed E-state index contributed by atoms with van der Waals surface area (Å²) in [6.45, 7) is 4.74. The van der Waals surface area contributed by atoms with E-state index in [-0.39, 0.29) is 24.2 Å². The molecule has 0 aliphatic rings. The summed E-state index contributed by atoms with van der Waals surface area (Å²) in [7, 11) is 0. The van der Waals surface area contributed by atoms with Crippen LogP contribution in [0.1, 0.15) is 25.2 Å². The monoisotopic (exact) mass is 293 g/mol. The first kappa shape index (κ1) is 15.3. The molecule has 21 heavy (non-hydrogen) atoms. The summed E-state index contributed by atoms with van der Waals surface area (Å²) in [6.07, 6.45) is 1.30. The summed E-state index contributed by atoms with van der Waals surface area (Å²) in [5, 5.41) is 4.07. The predicted molar refractivity (Wildman–Crippen MR) is 73.6 cm³/mol. The number of hydrogen-bond donors (Lipinski definition) is 0. The molecule has 112 valence electrons. The van der Waals surface area contributed by atoms with E-state index >= 15 is 0 Å². The Morgan fingerprint density at radius 2 is 2.05 bits per heavy atom. The Bertz CT molecular complexity index is 638. The maximum atomic E-state index is 13.5. The van der Waals surface area contributed by atoms with Crippen LogP contribution >= 0.6 is 0 Å². The number of nitrogens with zero attached hydrogens (tertiary/aromatic N) is 3. The fourth-order valence-corrected chi connectivity index (χ4v) is 2.06. The number of hydrogen-bond acceptors (Lipinski definition) is 3. The van der Waals surface area contributed by atoms with E-state index in [1.165, 1.54) is 18.5 Å². The molecule has 0 aliphatic heterocycles. The van der Waals surface area contributed by atoms with E-state index in [1.54, 1.807) is 4.68 Å². The number of benzene rings is 1. The summed E-state index contributed by atoms with van der Waals surface area (Å²) in [4.78, 5) is 16.1. The number of Topliss-reactive ketones (excluding diaryl/α,β-unsaturated/α-hetero) is 1. The van der Waals surface area contributed by atoms with E-state index in [0.29, 0.717) is 18.3 Å². The number of halogens is 2. The van der Waals surface area contributed by atoms with Gasteiger partial charge in [0.1, 0.15) is 17.9 Å². The van der Waals surface area contributed by atoms with Gasteiger partial charge >= 0.3 is 0 Å². The maximum absolute atomic E-state index is 13.5. The average molecular weight is 293 g/mol. The Morgan fingerprint density at radius 3 is 2.76 bits per heavy atom. The lowest BCUT2D eigenvalue weighted by Gasteiger charge is -2.08. The summed E-state index contributed by atoms with van der Waals surface area (Å²) >= 11 is 0. The number of carbonyl (C=O) groups is 1. The third-order valence-corrected chi connectivity index (χ3v) is 3.01. The van der Waals surface area contributed by atoms with E-state index in [1.807, 2.05) is 13.8 Å². The molecule has 6 heteroatoms. The fourth-order valence-electron chi connectivity index (χ4n) is 2.06. The minimum atomic E-state index is -0.963. The van der Waals surface area contributed by atoms with Gasteiger partial charge in [-0.15, -0.1) is 0 Å². The van der Waals surface area contributed by atoms with Gasteiger partial charge in [0.25, 0.3) is 0 Å². The van der Waals surface area contributed by atoms with E-state index < -0.39 is 11.6 Å². The van der Waals surface area contributed by atoms with E-state index in [2.05, 4.69) is 10.1 Å². The number of carbonyl (C=O) groups excluding carboxylic acids is 1. The van der Waals surface area contributed by atoms with E-state index in [0.717, 1.165) is 6.07 Å². The van der Waals surface area contributed by atoms with Crippen LogP contribution in [0.15, 0.2) is 24.5 Å². The van der Waals surface area contributed by atoms with Crippen LogP contribution in [-0.4, -0.2) is 20.5 Å². The minimum absolute atomic E-state index is 0.0582. The first-order chi connectivity index (χ1) is 9.97. The lowest BCUT2D eigenvalue weighted by atomic mass is 10.1. The van der Waals surface area contributed by atoms with Crippen molar-refractivity contribution in [3.8, 4) is 0 Å². The summed E-state index contributed by atoms with van der Waals surface area (Å²) in [5.74, 6) is -1.21. The Labute approximate surface area is 121 Å². The van der Waals surface area contributed by atoms with Crippen LogP contribution in [0.4, 0.5) is 8.78 Å². The van der Waals surface area contributed by atoms with Gasteiger partial charge in [-0.2, -0.15) is 5.10 Å². The highest BCUT2D eigenvalue weighted by molar-refractivity contribution is 5.82. The molecule has 1 aromatic heterocycles. The van der Waals surface area contributed by atoms with E-state index in [9.17, 15) is 13.6 Å². The molecule has 0 unspecified atom stereocenters. The molecule has 0 bridgehead atoms. The Kier molecular flexibility index (Phi) is 4.77. The van der Waals surface area contributed by atoms with Crippen LogP contribution in [0.25, 0.3) is 0 Å². The molecule has 0 fully saturated rings. The van der Waals surface area contributed by atoms with Gasteiger partial charge in [-0.05, 0) is 17.5 Å². The molecule has 0 saturated carbocycles. The van der Waals surface area contributed by atoms with Gasteiger partial charge in [-0.1, -0.05) is 26.0 Å². The van der Waals surface area contributed by atoms with Crippen molar-refractivity contribution in [1.29, 1.82) is 0 Å². The van der Waals surface area contributed by atoms with Crippen LogP contribution in [0.3, 0.4) is 0 Å². The topological polar surface area (TPSA) is 47.8 Å². The van der Waals surface area contributed by atoms with Crippen molar-refractivity contribution in [1.82, 2.24) is 14.8 Å². The second kappa shape index (κ2) is 6.56. The molecule has 0 saturated heterocycles. The highest BCUT2D eigenvalue weighted by Gasteiger charge is 2.15. The third kappa shape index (κ3) is 3.93. The predicted octanol–water partition coefficient (Wildman–Crippen LogP) is 2.57. The zero-order valence-electron chi connectivity index (χ0n) is 12.0. The van der Waals surface area contributed by atoms with Crippen LogP contribution in [0.2, 0.25) is 0 Å². The Balaban J connectivity index is 2.05. The smallest absolute Gasteiger partial charge is 0.162 e. The molecule has 4 nitrogen and oxygen atoms in total. The normalized spacial score (nSPS) is 11.1. The second-order valence-corrected chi connectivity index (χ2v) is 5.36. The highest BCUT2D eigenvalue weighted by atomic mass is 19.2. The second-order valence-electron chi connectivity index (χ2n) is 5.36. The third-order valence-electron chi connectivity index (χ3n) is 3.01. The maximum Gasteiger partial charge on any atom is 0.162 e. The standard InChI is InChI=1S/C15H17F2N3O/c1-10(2)8-20-14(18-9-19-20)7-12(21)6-11-4-3-5-13(16)15(11)17/h3-5,9-10H,6-8H2,1-2H3. The quantitative estimate of drug-likeness (QED) is 0.822. The van der Waals surface area contributed by atoms with Gasteiger partial charge in [0.05, 0.1) is 6.42 Å². The molecule has 0 N–H and O–H groups in total. The van der Waals surface area contributed by atoms with Crippen molar-refractivity contribution in [2.75, 3.05) is 0 Å². The highest BCUT2D eigenvalue weighted by Crippen LogP contribution is 2.13. The molecular weight excluding hydrogens is 276 g/mol. The summed E-state index contributed by atoms with van der Waals surface area (Å²) in [6, 6.07) is 3.83. The lowest BCUT2D eigenvalue weighted by Crippen LogP contribution is -2.15. The largest absolute Gasteiger partial charge is 0.299 e. The van der Waals surface area contributed by atoms with Crippen molar-refractivity contribution in [2.24, 2.45) is 5.92 Å². The van der Waals surface area contributed by atoms with Gasteiger partial charge in [-0.3, -0.25) is 4.79 Å². The van der Waals surface area contributed by atoms with Crippen LogP contribution < -0.4 is 0 Å². The van der Waals surface area contributed by atoms with Crippen molar-refractivity contribution in [3.05, 3.63) is 47.5 Å². The molecule has 1 heterocycles. The van der Waals surface area contributed by atoms with Gasteiger partial charge in [0, 0.05) is 13.0 Å². The van der Waals surface area contributed by atoms with Gasteiger partial charge in [0.15, 0.2) is 11.6 Å². The zero-order valence-corrected chi connectivity index (χ0v) is 12.0. The number of rotatable bonds is 6. The van der Waals surface area contributed by atoms with Crippen LogP contribution in [-0.2, 0) is 24.2 Å². The Morgan fingerprint density at radius 1 is 1.29 bits per heavy atom. The Hall–Kier alpha value is -2.11. The van der Waals surface area contributed by atoms with E-state index in [4.69, 9.17) is 0 Å².